The maximum atomic E-state index is 12.2. The minimum atomic E-state index is -0.217. The number of thiocarbonyl (C=S) groups is 1. The Balaban J connectivity index is 2.32. The van der Waals surface area contributed by atoms with Gasteiger partial charge >= 0.3 is 0 Å². The van der Waals surface area contributed by atoms with Crippen molar-refractivity contribution in [3.05, 3.63) is 45.2 Å². The van der Waals surface area contributed by atoms with Gasteiger partial charge in [0, 0.05) is 10.6 Å². The highest BCUT2D eigenvalue weighted by molar-refractivity contribution is 14.1. The first-order chi connectivity index (χ1) is 9.00. The van der Waals surface area contributed by atoms with E-state index in [9.17, 15) is 4.79 Å². The van der Waals surface area contributed by atoms with Gasteiger partial charge < -0.3 is 11.1 Å². The number of nitrogens with two attached hydrogens (primary N) is 1. The zero-order chi connectivity index (χ0) is 14.0. The van der Waals surface area contributed by atoms with Gasteiger partial charge in [0.25, 0.3) is 5.91 Å². The van der Waals surface area contributed by atoms with Crippen molar-refractivity contribution in [2.75, 3.05) is 5.32 Å². The summed E-state index contributed by atoms with van der Waals surface area (Å²) in [6.07, 6.45) is 1.54. The lowest BCUT2D eigenvalue weighted by Gasteiger charge is -2.09. The van der Waals surface area contributed by atoms with Crippen molar-refractivity contribution >= 4 is 51.5 Å². The predicted octanol–water partition coefficient (Wildman–Crippen LogP) is 1.91. The molecule has 19 heavy (non-hydrogen) atoms. The summed E-state index contributed by atoms with van der Waals surface area (Å²) >= 11 is 7.04. The molecule has 1 amide bonds. The van der Waals surface area contributed by atoms with Crippen LogP contribution in [0.1, 0.15) is 15.9 Å². The molecule has 0 saturated carbocycles. The molecule has 0 saturated heterocycles. The van der Waals surface area contributed by atoms with E-state index in [0.717, 1.165) is 3.57 Å². The van der Waals surface area contributed by atoms with Crippen LogP contribution in [0, 0.1) is 3.57 Å². The summed E-state index contributed by atoms with van der Waals surface area (Å²) in [6, 6.07) is 7.32. The van der Waals surface area contributed by atoms with Crippen molar-refractivity contribution in [1.29, 1.82) is 0 Å². The van der Waals surface area contributed by atoms with Crippen LogP contribution in [-0.4, -0.2) is 20.7 Å². The number of amides is 1. The summed E-state index contributed by atoms with van der Waals surface area (Å²) in [5, 5.41) is 6.83. The van der Waals surface area contributed by atoms with Crippen molar-refractivity contribution in [2.24, 2.45) is 12.8 Å². The van der Waals surface area contributed by atoms with Crippen molar-refractivity contribution in [2.45, 2.75) is 0 Å². The third kappa shape index (κ3) is 2.92. The summed E-state index contributed by atoms with van der Waals surface area (Å²) in [6.45, 7) is 0. The van der Waals surface area contributed by atoms with Crippen LogP contribution in [0.5, 0.6) is 0 Å². The van der Waals surface area contributed by atoms with Gasteiger partial charge in [0.05, 0.1) is 17.3 Å². The highest BCUT2D eigenvalue weighted by atomic mass is 127. The maximum absolute atomic E-state index is 12.2. The van der Waals surface area contributed by atoms with Crippen molar-refractivity contribution in [3.8, 4) is 0 Å². The van der Waals surface area contributed by atoms with Gasteiger partial charge in [0.1, 0.15) is 10.8 Å². The molecule has 2 rings (SSSR count). The number of benzene rings is 1. The Morgan fingerprint density at radius 3 is 2.74 bits per heavy atom. The summed E-state index contributed by atoms with van der Waals surface area (Å²) in [5.74, 6) is 0.281. The van der Waals surface area contributed by atoms with Crippen LogP contribution in [0.25, 0.3) is 0 Å². The van der Waals surface area contributed by atoms with E-state index in [4.69, 9.17) is 18.0 Å². The van der Waals surface area contributed by atoms with Gasteiger partial charge in [-0.2, -0.15) is 5.10 Å². The van der Waals surface area contributed by atoms with Gasteiger partial charge in [-0.25, -0.2) is 0 Å². The summed E-state index contributed by atoms with van der Waals surface area (Å²) in [5.41, 5.74) is 6.75. The topological polar surface area (TPSA) is 72.9 Å². The second-order valence-corrected chi connectivity index (χ2v) is 5.43. The molecule has 0 radical (unpaired) electrons. The van der Waals surface area contributed by atoms with Crippen LogP contribution in [0.2, 0.25) is 0 Å². The Morgan fingerprint density at radius 2 is 2.11 bits per heavy atom. The number of carbonyl (C=O) groups excluding carboxylic acids is 1. The van der Waals surface area contributed by atoms with E-state index < -0.39 is 0 Å². The van der Waals surface area contributed by atoms with Gasteiger partial charge in [-0.3, -0.25) is 9.48 Å². The van der Waals surface area contributed by atoms with Crippen LogP contribution in [-0.2, 0) is 7.05 Å². The monoisotopic (exact) mass is 386 g/mol. The molecule has 2 aromatic rings. The van der Waals surface area contributed by atoms with Crippen LogP contribution >= 0.6 is 34.8 Å². The zero-order valence-electron chi connectivity index (χ0n) is 10.1. The number of aromatic nitrogens is 2. The van der Waals surface area contributed by atoms with Crippen molar-refractivity contribution in [1.82, 2.24) is 9.78 Å². The van der Waals surface area contributed by atoms with E-state index in [1.165, 1.54) is 10.9 Å². The molecular weight excluding hydrogens is 375 g/mol. The fourth-order valence-electron chi connectivity index (χ4n) is 1.59. The lowest BCUT2D eigenvalue weighted by atomic mass is 10.2. The molecule has 0 aliphatic heterocycles. The van der Waals surface area contributed by atoms with E-state index in [0.29, 0.717) is 16.9 Å². The molecule has 0 aliphatic rings. The van der Waals surface area contributed by atoms with Crippen molar-refractivity contribution < 1.29 is 4.79 Å². The van der Waals surface area contributed by atoms with Gasteiger partial charge in [-0.1, -0.05) is 24.4 Å². The van der Waals surface area contributed by atoms with E-state index in [1.807, 2.05) is 18.2 Å². The number of hydrogen-bond donors (Lipinski definition) is 2. The number of nitrogens with zero attached hydrogens (tertiary/aromatic N) is 2. The van der Waals surface area contributed by atoms with Crippen LogP contribution in [0.15, 0.2) is 30.5 Å². The molecule has 0 aliphatic carbocycles. The first kappa shape index (κ1) is 13.9. The molecule has 0 atom stereocenters. The van der Waals surface area contributed by atoms with E-state index in [1.54, 1.807) is 13.1 Å². The summed E-state index contributed by atoms with van der Waals surface area (Å²) in [7, 11) is 1.72. The second kappa shape index (κ2) is 5.66. The van der Waals surface area contributed by atoms with E-state index >= 15 is 0 Å². The fraction of sp³-hybridized carbons (Fsp3) is 0.0833. The molecule has 5 nitrogen and oxygen atoms in total. The van der Waals surface area contributed by atoms with Gasteiger partial charge in [0.2, 0.25) is 0 Å². The number of aryl methyl sites for hydroxylation is 1. The standard InChI is InChI=1S/C12H11IN4OS/c1-17-11(8(6-15-17)10(14)19)16-12(18)7-4-2-3-5-9(7)13/h2-6H,1H3,(H2,14,19)(H,16,18). The number of rotatable bonds is 3. The normalized spacial score (nSPS) is 10.2. The second-order valence-electron chi connectivity index (χ2n) is 3.83. The summed E-state index contributed by atoms with van der Waals surface area (Å²) in [4.78, 5) is 12.4. The van der Waals surface area contributed by atoms with Gasteiger partial charge in [0.15, 0.2) is 0 Å². The SMILES string of the molecule is Cn1ncc(C(N)=S)c1NC(=O)c1ccccc1I. The Kier molecular flexibility index (Phi) is 4.15. The Labute approximate surface area is 129 Å². The number of halogens is 1. The average Bonchev–Trinajstić information content (AvgIpc) is 2.71. The molecule has 0 bridgehead atoms. The van der Waals surface area contributed by atoms with E-state index in [-0.39, 0.29) is 10.9 Å². The lowest BCUT2D eigenvalue weighted by Crippen LogP contribution is -2.19. The Bertz CT molecular complexity index is 653. The maximum Gasteiger partial charge on any atom is 0.257 e. The number of nitrogens with one attached hydrogen (secondary N) is 1. The number of carbonyl (C=O) groups is 1. The highest BCUT2D eigenvalue weighted by Gasteiger charge is 2.16. The first-order valence-corrected chi connectivity index (χ1v) is 6.87. The smallest absolute Gasteiger partial charge is 0.257 e. The summed E-state index contributed by atoms with van der Waals surface area (Å²) < 4.78 is 2.40. The predicted molar refractivity (Wildman–Crippen MR) is 86.2 cm³/mol. The minimum absolute atomic E-state index is 0.200. The molecule has 1 aromatic carbocycles. The number of anilines is 1. The fourth-order valence-corrected chi connectivity index (χ4v) is 2.37. The molecule has 0 fully saturated rings. The van der Waals surface area contributed by atoms with Gasteiger partial charge in [-0.05, 0) is 34.7 Å². The molecule has 1 heterocycles. The van der Waals surface area contributed by atoms with Gasteiger partial charge in [-0.15, -0.1) is 0 Å². The van der Waals surface area contributed by atoms with Crippen molar-refractivity contribution in [3.63, 3.8) is 0 Å². The van der Waals surface area contributed by atoms with Crippen LogP contribution in [0.3, 0.4) is 0 Å². The van der Waals surface area contributed by atoms with Crippen LogP contribution in [0.4, 0.5) is 5.82 Å². The zero-order valence-corrected chi connectivity index (χ0v) is 13.0. The number of hydrogen-bond acceptors (Lipinski definition) is 3. The molecule has 0 spiro atoms. The largest absolute Gasteiger partial charge is 0.389 e. The third-order valence-electron chi connectivity index (χ3n) is 2.55. The third-order valence-corrected chi connectivity index (χ3v) is 3.72. The Morgan fingerprint density at radius 1 is 1.42 bits per heavy atom. The lowest BCUT2D eigenvalue weighted by molar-refractivity contribution is 0.102. The Hall–Kier alpha value is -1.48. The quantitative estimate of drug-likeness (QED) is 0.625. The highest BCUT2D eigenvalue weighted by Crippen LogP contribution is 2.17. The molecule has 98 valence electrons. The minimum Gasteiger partial charge on any atom is -0.389 e. The molecular formula is C12H11IN4OS. The van der Waals surface area contributed by atoms with Crippen LogP contribution < -0.4 is 11.1 Å². The molecule has 7 heteroatoms. The molecule has 3 N–H and O–H groups in total. The first-order valence-electron chi connectivity index (χ1n) is 5.38. The molecule has 1 aromatic heterocycles. The molecule has 0 unspecified atom stereocenters. The average molecular weight is 386 g/mol. The van der Waals surface area contributed by atoms with E-state index in [2.05, 4.69) is 33.0 Å².